The second-order valence-electron chi connectivity index (χ2n) is 7.94. The molecule has 5 rings (SSSR count). The highest BCUT2D eigenvalue weighted by molar-refractivity contribution is 7.18. The third-order valence-electron chi connectivity index (χ3n) is 5.60. The molecule has 1 aliphatic rings. The Bertz CT molecular complexity index is 1080. The summed E-state index contributed by atoms with van der Waals surface area (Å²) >= 11 is 1.80. The predicted molar refractivity (Wildman–Crippen MR) is 116 cm³/mol. The maximum absolute atomic E-state index is 5.58. The third-order valence-corrected chi connectivity index (χ3v) is 6.74. The second kappa shape index (κ2) is 7.69. The van der Waals surface area contributed by atoms with Gasteiger partial charge in [-0.2, -0.15) is 4.98 Å². The highest BCUT2D eigenvalue weighted by atomic mass is 32.1. The van der Waals surface area contributed by atoms with Gasteiger partial charge in [0.1, 0.15) is 5.01 Å². The van der Waals surface area contributed by atoms with E-state index in [1.54, 1.807) is 11.3 Å². The first-order valence-electron chi connectivity index (χ1n) is 10.2. The molecule has 2 aromatic heterocycles. The Hall–Kier alpha value is -2.57. The molecule has 1 aliphatic heterocycles. The largest absolute Gasteiger partial charge is 0.338 e. The van der Waals surface area contributed by atoms with Crippen molar-refractivity contribution in [1.29, 1.82) is 0 Å². The average Bonchev–Trinajstić information content (AvgIpc) is 3.47. The van der Waals surface area contributed by atoms with Crippen LogP contribution < -0.4 is 0 Å². The van der Waals surface area contributed by atoms with Crippen LogP contribution >= 0.6 is 11.3 Å². The monoisotopic (exact) mass is 404 g/mol. The Kier molecular flexibility index (Phi) is 4.89. The number of fused-ring (bicyclic) bond motifs is 1. The molecule has 1 saturated heterocycles. The van der Waals surface area contributed by atoms with Crippen molar-refractivity contribution in [1.82, 2.24) is 20.0 Å². The normalized spacial score (nSPS) is 17.6. The van der Waals surface area contributed by atoms with E-state index in [9.17, 15) is 0 Å². The molecule has 0 spiro atoms. The van der Waals surface area contributed by atoms with E-state index in [0.717, 1.165) is 30.5 Å². The quantitative estimate of drug-likeness (QED) is 0.420. The Morgan fingerprint density at radius 1 is 1.10 bits per heavy atom. The molecule has 1 fully saturated rings. The van der Waals surface area contributed by atoms with Gasteiger partial charge in [-0.1, -0.05) is 55.4 Å². The zero-order valence-corrected chi connectivity index (χ0v) is 17.5. The number of aromatic nitrogens is 3. The van der Waals surface area contributed by atoms with Gasteiger partial charge in [0.15, 0.2) is 0 Å². The lowest BCUT2D eigenvalue weighted by Gasteiger charge is -2.20. The summed E-state index contributed by atoms with van der Waals surface area (Å²) in [5.74, 6) is 1.84. The molecule has 3 heterocycles. The summed E-state index contributed by atoms with van der Waals surface area (Å²) < 4.78 is 6.83. The first kappa shape index (κ1) is 18.5. The molecule has 29 heavy (non-hydrogen) atoms. The van der Waals surface area contributed by atoms with Gasteiger partial charge < -0.3 is 4.52 Å². The number of hydrogen-bond acceptors (Lipinski definition) is 6. The van der Waals surface area contributed by atoms with E-state index in [-0.39, 0.29) is 0 Å². The molecule has 1 unspecified atom stereocenters. The fourth-order valence-corrected chi connectivity index (χ4v) is 5.09. The van der Waals surface area contributed by atoms with Crippen LogP contribution in [-0.2, 0) is 6.54 Å². The van der Waals surface area contributed by atoms with Gasteiger partial charge in [0.2, 0.25) is 11.7 Å². The van der Waals surface area contributed by atoms with Gasteiger partial charge in [-0.15, -0.1) is 11.3 Å². The van der Waals surface area contributed by atoms with Crippen molar-refractivity contribution in [2.45, 2.75) is 45.2 Å². The number of nitrogens with zero attached hydrogens (tertiary/aromatic N) is 4. The van der Waals surface area contributed by atoms with Gasteiger partial charge in [0.05, 0.1) is 22.8 Å². The van der Waals surface area contributed by atoms with Gasteiger partial charge in [0.25, 0.3) is 0 Å². The fraction of sp³-hybridized carbons (Fsp3) is 0.348. The first-order valence-corrected chi connectivity index (χ1v) is 11.0. The molecule has 0 saturated carbocycles. The molecular weight excluding hydrogens is 380 g/mol. The molecule has 0 aliphatic carbocycles. The number of hydrogen-bond donors (Lipinski definition) is 0. The van der Waals surface area contributed by atoms with Crippen LogP contribution in [0.15, 0.2) is 53.1 Å². The number of rotatable bonds is 5. The van der Waals surface area contributed by atoms with Gasteiger partial charge in [0, 0.05) is 5.56 Å². The van der Waals surface area contributed by atoms with Crippen LogP contribution in [0.3, 0.4) is 0 Å². The molecular formula is C23H24N4OS. The molecule has 0 N–H and O–H groups in total. The Morgan fingerprint density at radius 3 is 2.72 bits per heavy atom. The number of likely N-dealkylation sites (tertiary alicyclic amines) is 1. The van der Waals surface area contributed by atoms with Crippen molar-refractivity contribution < 1.29 is 4.52 Å². The highest BCUT2D eigenvalue weighted by Crippen LogP contribution is 2.37. The van der Waals surface area contributed by atoms with Crippen molar-refractivity contribution in [2.24, 2.45) is 0 Å². The van der Waals surface area contributed by atoms with E-state index in [0.29, 0.717) is 30.2 Å². The fourth-order valence-electron chi connectivity index (χ4n) is 3.95. The SMILES string of the molecule is CC(C)c1ccc(-c2noc(CN3CCCC3c3nc4ccccc4s3)n2)cc1. The standard InChI is InChI=1S/C23H24N4OS/c1-15(2)16-9-11-17(12-10-16)22-25-21(28-26-22)14-27-13-5-7-19(27)23-24-18-6-3-4-8-20(18)29-23/h3-4,6,8-12,15,19H,5,7,13-14H2,1-2H3. The van der Waals surface area contributed by atoms with Crippen LogP contribution in [-0.4, -0.2) is 26.6 Å². The average molecular weight is 405 g/mol. The third kappa shape index (κ3) is 3.70. The van der Waals surface area contributed by atoms with Gasteiger partial charge in [-0.3, -0.25) is 4.90 Å². The first-order chi connectivity index (χ1) is 14.2. The van der Waals surface area contributed by atoms with Gasteiger partial charge >= 0.3 is 0 Å². The van der Waals surface area contributed by atoms with Crippen LogP contribution in [0.4, 0.5) is 0 Å². The Labute approximate surface area is 174 Å². The lowest BCUT2D eigenvalue weighted by Crippen LogP contribution is -2.22. The zero-order valence-electron chi connectivity index (χ0n) is 16.7. The van der Waals surface area contributed by atoms with E-state index < -0.39 is 0 Å². The summed E-state index contributed by atoms with van der Waals surface area (Å²) in [5.41, 5.74) is 3.39. The molecule has 0 radical (unpaired) electrons. The number of benzene rings is 2. The molecule has 0 bridgehead atoms. The minimum atomic E-state index is 0.327. The summed E-state index contributed by atoms with van der Waals surface area (Å²) in [4.78, 5) is 11.9. The van der Waals surface area contributed by atoms with Crippen LogP contribution in [0, 0.1) is 0 Å². The Morgan fingerprint density at radius 2 is 1.93 bits per heavy atom. The van der Waals surface area contributed by atoms with Gasteiger partial charge in [-0.25, -0.2) is 4.98 Å². The lowest BCUT2D eigenvalue weighted by atomic mass is 10.0. The molecule has 5 nitrogen and oxygen atoms in total. The summed E-state index contributed by atoms with van der Waals surface area (Å²) in [7, 11) is 0. The van der Waals surface area contributed by atoms with Crippen LogP contribution in [0.1, 0.15) is 55.1 Å². The predicted octanol–water partition coefficient (Wildman–Crippen LogP) is 5.81. The van der Waals surface area contributed by atoms with E-state index >= 15 is 0 Å². The zero-order chi connectivity index (χ0) is 19.8. The van der Waals surface area contributed by atoms with Crippen molar-refractivity contribution in [3.63, 3.8) is 0 Å². The Balaban J connectivity index is 1.33. The summed E-state index contributed by atoms with van der Waals surface area (Å²) in [6, 6.07) is 17.1. The molecule has 2 aromatic carbocycles. The summed E-state index contributed by atoms with van der Waals surface area (Å²) in [6.07, 6.45) is 2.29. The van der Waals surface area contributed by atoms with Gasteiger partial charge in [-0.05, 0) is 43.0 Å². The van der Waals surface area contributed by atoms with E-state index in [4.69, 9.17) is 9.51 Å². The van der Waals surface area contributed by atoms with Crippen LogP contribution in [0.5, 0.6) is 0 Å². The minimum Gasteiger partial charge on any atom is -0.338 e. The van der Waals surface area contributed by atoms with Crippen molar-refractivity contribution in [2.75, 3.05) is 6.54 Å². The molecule has 0 amide bonds. The van der Waals surface area contributed by atoms with Crippen LogP contribution in [0.2, 0.25) is 0 Å². The van der Waals surface area contributed by atoms with E-state index in [1.165, 1.54) is 15.3 Å². The smallest absolute Gasteiger partial charge is 0.241 e. The molecule has 148 valence electrons. The van der Waals surface area contributed by atoms with Crippen molar-refractivity contribution in [3.8, 4) is 11.4 Å². The number of thiazole rings is 1. The summed E-state index contributed by atoms with van der Waals surface area (Å²) in [5, 5.41) is 5.40. The highest BCUT2D eigenvalue weighted by Gasteiger charge is 2.30. The number of para-hydroxylation sites is 1. The summed E-state index contributed by atoms with van der Waals surface area (Å²) in [6.45, 7) is 6.08. The minimum absolute atomic E-state index is 0.327. The topological polar surface area (TPSA) is 55.1 Å². The molecule has 1 atom stereocenters. The molecule has 6 heteroatoms. The second-order valence-corrected chi connectivity index (χ2v) is 9.00. The maximum Gasteiger partial charge on any atom is 0.241 e. The van der Waals surface area contributed by atoms with Crippen molar-refractivity contribution >= 4 is 21.6 Å². The van der Waals surface area contributed by atoms with Crippen LogP contribution in [0.25, 0.3) is 21.6 Å². The lowest BCUT2D eigenvalue weighted by molar-refractivity contribution is 0.212. The van der Waals surface area contributed by atoms with Crippen molar-refractivity contribution in [3.05, 3.63) is 65.0 Å². The van der Waals surface area contributed by atoms with E-state index in [1.807, 2.05) is 6.07 Å². The maximum atomic E-state index is 5.58. The molecule has 4 aromatic rings. The van der Waals surface area contributed by atoms with E-state index in [2.05, 4.69) is 71.4 Å².